The zero-order valence-electron chi connectivity index (χ0n) is 16.2. The standard InChI is InChI=1S/C19H24N2O6S/c1-19(2,3)27-18(22)20-9-13-11-21(12-14(13)10-20)28(23,24)15-4-5-16-17(8-15)26-7-6-25-16/h4-5,8,11,14H,6-7,9-10,12H2,1-3H3. The third-order valence-electron chi connectivity index (χ3n) is 4.82. The molecule has 1 aromatic carbocycles. The first-order chi connectivity index (χ1) is 13.1. The lowest BCUT2D eigenvalue weighted by Gasteiger charge is -2.25. The van der Waals surface area contributed by atoms with Crippen molar-refractivity contribution in [2.45, 2.75) is 31.3 Å². The van der Waals surface area contributed by atoms with Gasteiger partial charge in [0, 0.05) is 37.8 Å². The van der Waals surface area contributed by atoms with Gasteiger partial charge in [0.1, 0.15) is 18.8 Å². The summed E-state index contributed by atoms with van der Waals surface area (Å²) in [5, 5.41) is 0. The second-order valence-electron chi connectivity index (χ2n) is 8.14. The maximum atomic E-state index is 13.0. The predicted octanol–water partition coefficient (Wildman–Crippen LogP) is 2.21. The van der Waals surface area contributed by atoms with E-state index in [0.29, 0.717) is 44.3 Å². The SMILES string of the molecule is CC(C)(C)OC(=O)N1CC2=CN(S(=O)(=O)c3ccc4c(c3)OCCO4)CC2C1. The number of sulfonamides is 1. The predicted molar refractivity (Wildman–Crippen MR) is 101 cm³/mol. The largest absolute Gasteiger partial charge is 0.486 e. The molecule has 3 heterocycles. The summed E-state index contributed by atoms with van der Waals surface area (Å²) in [6.07, 6.45) is 1.27. The van der Waals surface area contributed by atoms with E-state index in [2.05, 4.69) is 0 Å². The van der Waals surface area contributed by atoms with Gasteiger partial charge < -0.3 is 19.1 Å². The normalized spacial score (nSPS) is 21.4. The molecule has 28 heavy (non-hydrogen) atoms. The number of carbonyl (C=O) groups is 1. The minimum Gasteiger partial charge on any atom is -0.486 e. The van der Waals surface area contributed by atoms with Gasteiger partial charge in [-0.3, -0.25) is 4.31 Å². The van der Waals surface area contributed by atoms with Crippen LogP contribution >= 0.6 is 0 Å². The summed E-state index contributed by atoms with van der Waals surface area (Å²) in [6.45, 7) is 7.46. The van der Waals surface area contributed by atoms with Gasteiger partial charge in [-0.05, 0) is 38.5 Å². The maximum absolute atomic E-state index is 13.0. The van der Waals surface area contributed by atoms with Crippen LogP contribution in [0.3, 0.4) is 0 Å². The Morgan fingerprint density at radius 1 is 1.14 bits per heavy atom. The number of hydrogen-bond donors (Lipinski definition) is 0. The van der Waals surface area contributed by atoms with Crippen LogP contribution in [0.15, 0.2) is 34.9 Å². The fourth-order valence-electron chi connectivity index (χ4n) is 3.53. The smallest absolute Gasteiger partial charge is 0.410 e. The van der Waals surface area contributed by atoms with Crippen LogP contribution in [0, 0.1) is 5.92 Å². The van der Waals surface area contributed by atoms with E-state index < -0.39 is 15.6 Å². The van der Waals surface area contributed by atoms with Gasteiger partial charge in [-0.15, -0.1) is 0 Å². The molecule has 0 aliphatic carbocycles. The highest BCUT2D eigenvalue weighted by atomic mass is 32.2. The molecule has 1 unspecified atom stereocenters. The molecular formula is C19H24N2O6S. The van der Waals surface area contributed by atoms with Crippen LogP contribution in [0.5, 0.6) is 11.5 Å². The summed E-state index contributed by atoms with van der Waals surface area (Å²) < 4.78 is 43.8. The Hall–Kier alpha value is -2.42. The van der Waals surface area contributed by atoms with E-state index in [1.54, 1.807) is 17.2 Å². The molecule has 0 N–H and O–H groups in total. The molecule has 1 saturated heterocycles. The van der Waals surface area contributed by atoms with Gasteiger partial charge in [0.25, 0.3) is 10.0 Å². The van der Waals surface area contributed by atoms with Crippen LogP contribution in [0.2, 0.25) is 0 Å². The van der Waals surface area contributed by atoms with Gasteiger partial charge in [-0.1, -0.05) is 0 Å². The van der Waals surface area contributed by atoms with Crippen molar-refractivity contribution >= 4 is 16.1 Å². The molecule has 8 nitrogen and oxygen atoms in total. The van der Waals surface area contributed by atoms with Crippen LogP contribution in [-0.2, 0) is 14.8 Å². The molecule has 0 radical (unpaired) electrons. The first-order valence-corrected chi connectivity index (χ1v) is 10.7. The Balaban J connectivity index is 1.49. The van der Waals surface area contributed by atoms with Gasteiger partial charge in [0.05, 0.1) is 4.90 Å². The quantitative estimate of drug-likeness (QED) is 0.746. The zero-order valence-corrected chi connectivity index (χ0v) is 17.0. The molecule has 0 bridgehead atoms. The number of likely N-dealkylation sites (tertiary alicyclic amines) is 1. The lowest BCUT2D eigenvalue weighted by molar-refractivity contribution is 0.0289. The molecule has 9 heteroatoms. The Labute approximate surface area is 164 Å². The van der Waals surface area contributed by atoms with E-state index in [-0.39, 0.29) is 16.9 Å². The van der Waals surface area contributed by atoms with E-state index in [1.807, 2.05) is 20.8 Å². The number of rotatable bonds is 2. The van der Waals surface area contributed by atoms with Crippen molar-refractivity contribution in [2.24, 2.45) is 5.92 Å². The van der Waals surface area contributed by atoms with Gasteiger partial charge >= 0.3 is 6.09 Å². The summed E-state index contributed by atoms with van der Waals surface area (Å²) >= 11 is 0. The fourth-order valence-corrected chi connectivity index (χ4v) is 4.94. The molecule has 0 saturated carbocycles. The van der Waals surface area contributed by atoms with Gasteiger partial charge in [-0.2, -0.15) is 0 Å². The number of fused-ring (bicyclic) bond motifs is 2. The molecule has 152 valence electrons. The van der Waals surface area contributed by atoms with Crippen LogP contribution in [0.1, 0.15) is 20.8 Å². The molecule has 3 aliphatic heterocycles. The average molecular weight is 408 g/mol. The Morgan fingerprint density at radius 3 is 2.54 bits per heavy atom. The van der Waals surface area contributed by atoms with Crippen molar-refractivity contribution in [1.82, 2.24) is 9.21 Å². The van der Waals surface area contributed by atoms with Gasteiger partial charge in [-0.25, -0.2) is 13.2 Å². The highest BCUT2D eigenvalue weighted by Crippen LogP contribution is 2.36. The van der Waals surface area contributed by atoms with E-state index in [4.69, 9.17) is 14.2 Å². The molecule has 3 aliphatic rings. The molecule has 0 aromatic heterocycles. The Bertz CT molecular complexity index is 934. The second kappa shape index (κ2) is 6.58. The molecule has 4 rings (SSSR count). The fraction of sp³-hybridized carbons (Fsp3) is 0.526. The van der Waals surface area contributed by atoms with Crippen LogP contribution in [0.4, 0.5) is 4.79 Å². The van der Waals surface area contributed by atoms with E-state index in [1.165, 1.54) is 16.4 Å². The number of hydrogen-bond acceptors (Lipinski definition) is 6. The molecular weight excluding hydrogens is 384 g/mol. The highest BCUT2D eigenvalue weighted by Gasteiger charge is 2.40. The van der Waals surface area contributed by atoms with E-state index in [9.17, 15) is 13.2 Å². The minimum absolute atomic E-state index is 0.0143. The molecule has 0 spiro atoms. The number of carbonyl (C=O) groups excluding carboxylic acids is 1. The van der Waals surface area contributed by atoms with Crippen molar-refractivity contribution in [3.05, 3.63) is 30.0 Å². The molecule has 1 atom stereocenters. The van der Waals surface area contributed by atoms with E-state index in [0.717, 1.165) is 5.57 Å². The minimum atomic E-state index is -3.69. The highest BCUT2D eigenvalue weighted by molar-refractivity contribution is 7.89. The number of amides is 1. The van der Waals surface area contributed by atoms with Crippen LogP contribution in [0.25, 0.3) is 0 Å². The van der Waals surface area contributed by atoms with Crippen LogP contribution < -0.4 is 9.47 Å². The molecule has 1 aromatic rings. The zero-order chi connectivity index (χ0) is 20.1. The Morgan fingerprint density at radius 2 is 1.86 bits per heavy atom. The topological polar surface area (TPSA) is 85.4 Å². The van der Waals surface area contributed by atoms with Crippen molar-refractivity contribution in [1.29, 1.82) is 0 Å². The van der Waals surface area contributed by atoms with Gasteiger partial charge in [0.15, 0.2) is 11.5 Å². The number of benzene rings is 1. The molecule has 1 amide bonds. The summed E-state index contributed by atoms with van der Waals surface area (Å²) in [7, 11) is -3.69. The first-order valence-electron chi connectivity index (χ1n) is 9.23. The average Bonchev–Trinajstić information content (AvgIpc) is 3.19. The summed E-state index contributed by atoms with van der Waals surface area (Å²) in [5.74, 6) is 0.977. The number of ether oxygens (including phenoxy) is 3. The van der Waals surface area contributed by atoms with E-state index >= 15 is 0 Å². The lowest BCUT2D eigenvalue weighted by Crippen LogP contribution is -2.37. The van der Waals surface area contributed by atoms with Crippen molar-refractivity contribution in [3.8, 4) is 11.5 Å². The monoisotopic (exact) mass is 408 g/mol. The van der Waals surface area contributed by atoms with Crippen molar-refractivity contribution in [2.75, 3.05) is 32.8 Å². The molecule has 1 fully saturated rings. The number of nitrogens with zero attached hydrogens (tertiary/aromatic N) is 2. The lowest BCUT2D eigenvalue weighted by atomic mass is 10.1. The Kier molecular flexibility index (Phi) is 4.45. The third-order valence-corrected chi connectivity index (χ3v) is 6.54. The summed E-state index contributed by atoms with van der Waals surface area (Å²) in [4.78, 5) is 14.0. The summed E-state index contributed by atoms with van der Waals surface area (Å²) in [6, 6.07) is 4.65. The maximum Gasteiger partial charge on any atom is 0.410 e. The second-order valence-corrected chi connectivity index (χ2v) is 10.0. The third kappa shape index (κ3) is 3.50. The first kappa shape index (κ1) is 18.9. The van der Waals surface area contributed by atoms with Crippen molar-refractivity contribution in [3.63, 3.8) is 0 Å². The van der Waals surface area contributed by atoms with Crippen molar-refractivity contribution < 1.29 is 27.4 Å². The summed E-state index contributed by atoms with van der Waals surface area (Å²) in [5.41, 5.74) is 0.364. The van der Waals surface area contributed by atoms with Crippen LogP contribution in [-0.4, -0.2) is 62.2 Å². The van der Waals surface area contributed by atoms with Gasteiger partial charge in [0.2, 0.25) is 0 Å².